The van der Waals surface area contributed by atoms with Crippen LogP contribution >= 0.6 is 0 Å². The van der Waals surface area contributed by atoms with Gasteiger partial charge in [0, 0.05) is 19.5 Å². The molecule has 1 heterocycles. The number of amides is 1. The molecule has 2 rings (SSSR count). The molecule has 1 saturated heterocycles. The van der Waals surface area contributed by atoms with Gasteiger partial charge in [0.25, 0.3) is 0 Å². The molecule has 1 amide bonds. The van der Waals surface area contributed by atoms with Crippen molar-refractivity contribution in [3.8, 4) is 0 Å². The first-order valence-electron chi connectivity index (χ1n) is 7.72. The Balaban J connectivity index is 2.08. The fourth-order valence-corrected chi connectivity index (χ4v) is 2.77. The van der Waals surface area contributed by atoms with Gasteiger partial charge in [-0.1, -0.05) is 19.1 Å². The fraction of sp³-hybridized carbons (Fsp3) is 0.471. The van der Waals surface area contributed by atoms with Gasteiger partial charge >= 0.3 is 11.9 Å². The Hall–Kier alpha value is -2.37. The lowest BCUT2D eigenvalue weighted by atomic mass is 9.93. The third kappa shape index (κ3) is 4.31. The number of carbonyl (C=O) groups excluding carboxylic acids is 1. The smallest absolute Gasteiger partial charge is 0.335 e. The number of hydrogen-bond donors (Lipinski definition) is 2. The first-order chi connectivity index (χ1) is 10.9. The molecule has 6 heteroatoms. The van der Waals surface area contributed by atoms with Crippen LogP contribution in [0.25, 0.3) is 0 Å². The van der Waals surface area contributed by atoms with Crippen molar-refractivity contribution in [2.24, 2.45) is 5.92 Å². The lowest BCUT2D eigenvalue weighted by molar-refractivity contribution is -0.143. The topological polar surface area (TPSA) is 94.9 Å². The summed E-state index contributed by atoms with van der Waals surface area (Å²) in [7, 11) is 0. The molecule has 1 atom stereocenters. The highest BCUT2D eigenvalue weighted by atomic mass is 16.4. The molecule has 0 aliphatic carbocycles. The second-order valence-corrected chi connectivity index (χ2v) is 6.09. The van der Waals surface area contributed by atoms with Crippen LogP contribution in [0.5, 0.6) is 0 Å². The molecular formula is C17H21NO5. The van der Waals surface area contributed by atoms with Gasteiger partial charge in [-0.15, -0.1) is 0 Å². The van der Waals surface area contributed by atoms with Crippen LogP contribution in [0.2, 0.25) is 0 Å². The summed E-state index contributed by atoms with van der Waals surface area (Å²) in [6.45, 7) is 3.49. The molecule has 124 valence electrons. The second-order valence-electron chi connectivity index (χ2n) is 6.09. The Labute approximate surface area is 134 Å². The fourth-order valence-electron chi connectivity index (χ4n) is 2.77. The molecule has 0 spiro atoms. The lowest BCUT2D eigenvalue weighted by Crippen LogP contribution is -2.39. The van der Waals surface area contributed by atoms with Crippen LogP contribution in [0.1, 0.15) is 48.0 Å². The summed E-state index contributed by atoms with van der Waals surface area (Å²) in [5, 5.41) is 18.3. The summed E-state index contributed by atoms with van der Waals surface area (Å²) in [6, 6.07) is 5.66. The number of carboxylic acids is 2. The van der Waals surface area contributed by atoms with E-state index in [0.29, 0.717) is 24.6 Å². The van der Waals surface area contributed by atoms with E-state index in [1.807, 2.05) is 0 Å². The molecule has 1 aliphatic heterocycles. The van der Waals surface area contributed by atoms with Crippen molar-refractivity contribution in [2.45, 2.75) is 32.1 Å². The zero-order chi connectivity index (χ0) is 17.0. The third-order valence-corrected chi connectivity index (χ3v) is 4.37. The first-order valence-corrected chi connectivity index (χ1v) is 7.72. The van der Waals surface area contributed by atoms with Gasteiger partial charge in [0.2, 0.25) is 5.91 Å². The van der Waals surface area contributed by atoms with E-state index in [1.54, 1.807) is 4.90 Å². The third-order valence-electron chi connectivity index (χ3n) is 4.37. The van der Waals surface area contributed by atoms with Gasteiger partial charge in [-0.05, 0) is 36.5 Å². The van der Waals surface area contributed by atoms with Crippen molar-refractivity contribution in [2.75, 3.05) is 13.1 Å². The minimum absolute atomic E-state index is 0.0919. The highest BCUT2D eigenvalue weighted by molar-refractivity contribution is 5.88. The second kappa shape index (κ2) is 7.26. The normalized spacial score (nSPS) is 16.8. The number of carbonyl (C=O) groups is 3. The Bertz CT molecular complexity index is 588. The average Bonchev–Trinajstić information content (AvgIpc) is 2.53. The molecule has 23 heavy (non-hydrogen) atoms. The maximum absolute atomic E-state index is 12.3. The van der Waals surface area contributed by atoms with E-state index in [1.165, 1.54) is 24.3 Å². The Morgan fingerprint density at radius 1 is 1.13 bits per heavy atom. The molecular weight excluding hydrogens is 298 g/mol. The van der Waals surface area contributed by atoms with Crippen LogP contribution in [-0.2, 0) is 9.59 Å². The minimum atomic E-state index is -1.08. The van der Waals surface area contributed by atoms with Gasteiger partial charge in [-0.2, -0.15) is 0 Å². The van der Waals surface area contributed by atoms with Crippen molar-refractivity contribution in [1.82, 2.24) is 4.90 Å². The summed E-state index contributed by atoms with van der Waals surface area (Å²) in [6.07, 6.45) is 1.78. The average molecular weight is 319 g/mol. The molecule has 1 fully saturated rings. The quantitative estimate of drug-likeness (QED) is 0.867. The minimum Gasteiger partial charge on any atom is -0.481 e. The number of hydrogen-bond acceptors (Lipinski definition) is 3. The van der Waals surface area contributed by atoms with E-state index in [4.69, 9.17) is 5.11 Å². The molecule has 0 bridgehead atoms. The Kier molecular flexibility index (Phi) is 5.36. The largest absolute Gasteiger partial charge is 0.481 e. The number of rotatable bonds is 5. The van der Waals surface area contributed by atoms with Gasteiger partial charge in [0.1, 0.15) is 0 Å². The van der Waals surface area contributed by atoms with Crippen LogP contribution < -0.4 is 0 Å². The summed E-state index contributed by atoms with van der Waals surface area (Å²) in [5.41, 5.74) is 0.537. The van der Waals surface area contributed by atoms with Crippen LogP contribution in [0, 0.1) is 5.92 Å². The van der Waals surface area contributed by atoms with E-state index in [-0.39, 0.29) is 17.9 Å². The van der Waals surface area contributed by atoms with Gasteiger partial charge < -0.3 is 15.1 Å². The summed E-state index contributed by atoms with van der Waals surface area (Å²) < 4.78 is 0. The van der Waals surface area contributed by atoms with Gasteiger partial charge in [-0.25, -0.2) is 4.79 Å². The zero-order valence-electron chi connectivity index (χ0n) is 13.1. The molecule has 1 unspecified atom stereocenters. The number of carboxylic acid groups (broad SMARTS) is 2. The molecule has 0 aromatic heterocycles. The summed E-state index contributed by atoms with van der Waals surface area (Å²) in [4.78, 5) is 36.4. The van der Waals surface area contributed by atoms with E-state index in [2.05, 4.69) is 6.92 Å². The predicted octanol–water partition coefficient (Wildman–Crippen LogP) is 2.20. The van der Waals surface area contributed by atoms with Crippen LogP contribution in [0.15, 0.2) is 24.3 Å². The van der Waals surface area contributed by atoms with Crippen molar-refractivity contribution in [1.29, 1.82) is 0 Å². The maximum Gasteiger partial charge on any atom is 0.335 e. The predicted molar refractivity (Wildman–Crippen MR) is 83.4 cm³/mol. The van der Waals surface area contributed by atoms with E-state index in [9.17, 15) is 19.5 Å². The number of benzene rings is 1. The number of aromatic carboxylic acids is 1. The Morgan fingerprint density at radius 2 is 1.70 bits per heavy atom. The highest BCUT2D eigenvalue weighted by Gasteiger charge is 2.27. The summed E-state index contributed by atoms with van der Waals surface area (Å²) in [5.74, 6) is -2.66. The van der Waals surface area contributed by atoms with Crippen molar-refractivity contribution >= 4 is 17.8 Å². The zero-order valence-corrected chi connectivity index (χ0v) is 13.1. The molecule has 1 aromatic carbocycles. The van der Waals surface area contributed by atoms with E-state index >= 15 is 0 Å². The van der Waals surface area contributed by atoms with Gasteiger partial charge in [0.05, 0.1) is 11.5 Å². The SMILES string of the molecule is CC1CCN(C(=O)CC(C(=O)O)c2ccc(C(=O)O)cc2)CC1. The number of aliphatic carboxylic acids is 1. The van der Waals surface area contributed by atoms with E-state index < -0.39 is 17.9 Å². The van der Waals surface area contributed by atoms with Crippen molar-refractivity contribution in [3.63, 3.8) is 0 Å². The van der Waals surface area contributed by atoms with Crippen molar-refractivity contribution in [3.05, 3.63) is 35.4 Å². The molecule has 2 N–H and O–H groups in total. The molecule has 0 radical (unpaired) electrons. The van der Waals surface area contributed by atoms with Gasteiger partial charge in [0.15, 0.2) is 0 Å². The highest BCUT2D eigenvalue weighted by Crippen LogP contribution is 2.24. The lowest BCUT2D eigenvalue weighted by Gasteiger charge is -2.31. The molecule has 1 aromatic rings. The number of nitrogens with zero attached hydrogens (tertiary/aromatic N) is 1. The Morgan fingerprint density at radius 3 is 2.17 bits per heavy atom. The molecule has 6 nitrogen and oxygen atoms in total. The monoisotopic (exact) mass is 319 g/mol. The van der Waals surface area contributed by atoms with Gasteiger partial charge in [-0.3, -0.25) is 9.59 Å². The summed E-state index contributed by atoms with van der Waals surface area (Å²) >= 11 is 0. The van der Waals surface area contributed by atoms with Crippen molar-refractivity contribution < 1.29 is 24.6 Å². The van der Waals surface area contributed by atoms with E-state index in [0.717, 1.165) is 12.8 Å². The van der Waals surface area contributed by atoms with Crippen LogP contribution in [-0.4, -0.2) is 46.0 Å². The number of likely N-dealkylation sites (tertiary alicyclic amines) is 1. The van der Waals surface area contributed by atoms with Crippen LogP contribution in [0.4, 0.5) is 0 Å². The first kappa shape index (κ1) is 17.0. The number of piperidine rings is 1. The molecule has 0 saturated carbocycles. The molecule has 1 aliphatic rings. The van der Waals surface area contributed by atoms with Crippen LogP contribution in [0.3, 0.4) is 0 Å². The maximum atomic E-state index is 12.3. The standard InChI is InChI=1S/C17H21NO5/c1-11-6-8-18(9-7-11)15(19)10-14(17(22)23)12-2-4-13(5-3-12)16(20)21/h2-5,11,14H,6-10H2,1H3,(H,20,21)(H,22,23).